The molecule has 0 saturated carbocycles. The lowest BCUT2D eigenvalue weighted by atomic mass is 9.88. The van der Waals surface area contributed by atoms with Gasteiger partial charge in [0.05, 0.1) is 5.69 Å². The molecule has 1 unspecified atom stereocenters. The molecule has 1 amide bonds. The highest BCUT2D eigenvalue weighted by Crippen LogP contribution is 2.26. The number of carbonyl (C=O) groups is 1. The summed E-state index contributed by atoms with van der Waals surface area (Å²) < 4.78 is 0.954. The molecule has 0 spiro atoms. The molecule has 0 saturated heterocycles. The predicted molar refractivity (Wildman–Crippen MR) is 88.7 cm³/mol. The van der Waals surface area contributed by atoms with Crippen LogP contribution < -0.4 is 11.1 Å². The van der Waals surface area contributed by atoms with Gasteiger partial charge in [0.25, 0.3) is 0 Å². The largest absolute Gasteiger partial charge is 0.330 e. The van der Waals surface area contributed by atoms with Gasteiger partial charge in [0.2, 0.25) is 5.91 Å². The number of amides is 1. The third-order valence-electron chi connectivity index (χ3n) is 3.69. The van der Waals surface area contributed by atoms with E-state index in [0.717, 1.165) is 28.6 Å². The maximum Gasteiger partial charge on any atom is 0.224 e. The fourth-order valence-electron chi connectivity index (χ4n) is 2.30. The Morgan fingerprint density at radius 2 is 2.05 bits per heavy atom. The van der Waals surface area contributed by atoms with E-state index in [2.05, 4.69) is 35.1 Å². The number of nitrogens with one attached hydrogen (secondary N) is 1. The minimum Gasteiger partial charge on any atom is -0.330 e. The van der Waals surface area contributed by atoms with Gasteiger partial charge >= 0.3 is 0 Å². The van der Waals surface area contributed by atoms with Gasteiger partial charge in [0.15, 0.2) is 0 Å². The SMILES string of the molecule is Cc1cccc(NC(=O)CCC(CCN)C(C)C)c1Br. The van der Waals surface area contributed by atoms with E-state index in [4.69, 9.17) is 5.73 Å². The Morgan fingerprint density at radius 3 is 2.65 bits per heavy atom. The lowest BCUT2D eigenvalue weighted by Crippen LogP contribution is -2.18. The summed E-state index contributed by atoms with van der Waals surface area (Å²) in [4.78, 5) is 12.0. The quantitative estimate of drug-likeness (QED) is 0.785. The lowest BCUT2D eigenvalue weighted by Gasteiger charge is -2.19. The van der Waals surface area contributed by atoms with Gasteiger partial charge < -0.3 is 11.1 Å². The second kappa shape index (κ2) is 8.42. The Labute approximate surface area is 130 Å². The summed E-state index contributed by atoms with van der Waals surface area (Å²) in [5.74, 6) is 1.16. The number of benzene rings is 1. The van der Waals surface area contributed by atoms with Crippen molar-refractivity contribution in [3.63, 3.8) is 0 Å². The summed E-state index contributed by atoms with van der Waals surface area (Å²) in [6.45, 7) is 7.08. The molecule has 0 aliphatic heterocycles. The zero-order valence-electron chi connectivity index (χ0n) is 12.6. The third-order valence-corrected chi connectivity index (χ3v) is 4.74. The molecule has 0 aliphatic rings. The number of carbonyl (C=O) groups excluding carboxylic acids is 1. The van der Waals surface area contributed by atoms with Crippen LogP contribution in [-0.2, 0) is 4.79 Å². The van der Waals surface area contributed by atoms with Crippen molar-refractivity contribution in [3.05, 3.63) is 28.2 Å². The van der Waals surface area contributed by atoms with Gasteiger partial charge in [0.1, 0.15) is 0 Å². The Morgan fingerprint density at radius 1 is 1.35 bits per heavy atom. The Hall–Kier alpha value is -0.870. The monoisotopic (exact) mass is 340 g/mol. The number of anilines is 1. The van der Waals surface area contributed by atoms with Crippen LogP contribution in [0.2, 0.25) is 0 Å². The third kappa shape index (κ3) is 5.25. The van der Waals surface area contributed by atoms with E-state index in [9.17, 15) is 4.79 Å². The molecule has 3 N–H and O–H groups in total. The first-order chi connectivity index (χ1) is 9.45. The first-order valence-electron chi connectivity index (χ1n) is 7.20. The number of hydrogen-bond donors (Lipinski definition) is 2. The predicted octanol–water partition coefficient (Wildman–Crippen LogP) is 4.10. The van der Waals surface area contributed by atoms with E-state index in [1.54, 1.807) is 0 Å². The smallest absolute Gasteiger partial charge is 0.224 e. The van der Waals surface area contributed by atoms with Gasteiger partial charge in [-0.25, -0.2) is 0 Å². The molecular weight excluding hydrogens is 316 g/mol. The van der Waals surface area contributed by atoms with Crippen molar-refractivity contribution in [3.8, 4) is 0 Å². The molecule has 0 aromatic heterocycles. The van der Waals surface area contributed by atoms with Gasteiger partial charge in [0, 0.05) is 10.9 Å². The summed E-state index contributed by atoms with van der Waals surface area (Å²) in [5.41, 5.74) is 7.59. The van der Waals surface area contributed by atoms with E-state index >= 15 is 0 Å². The second-order valence-corrected chi connectivity index (χ2v) is 6.40. The molecule has 0 bridgehead atoms. The number of hydrogen-bond acceptors (Lipinski definition) is 2. The van der Waals surface area contributed by atoms with Crippen LogP contribution in [0.1, 0.15) is 38.7 Å². The van der Waals surface area contributed by atoms with Crippen molar-refractivity contribution in [1.29, 1.82) is 0 Å². The van der Waals surface area contributed by atoms with Crippen LogP contribution in [0.15, 0.2) is 22.7 Å². The van der Waals surface area contributed by atoms with Crippen molar-refractivity contribution in [2.75, 3.05) is 11.9 Å². The fraction of sp³-hybridized carbons (Fsp3) is 0.562. The summed E-state index contributed by atoms with van der Waals surface area (Å²) in [7, 11) is 0. The summed E-state index contributed by atoms with van der Waals surface area (Å²) in [6, 6.07) is 5.87. The van der Waals surface area contributed by atoms with Crippen molar-refractivity contribution in [1.82, 2.24) is 0 Å². The highest BCUT2D eigenvalue weighted by molar-refractivity contribution is 9.10. The van der Waals surface area contributed by atoms with Crippen LogP contribution in [0, 0.1) is 18.8 Å². The summed E-state index contributed by atoms with van der Waals surface area (Å²) >= 11 is 3.51. The van der Waals surface area contributed by atoms with Crippen molar-refractivity contribution < 1.29 is 4.79 Å². The topological polar surface area (TPSA) is 55.1 Å². The van der Waals surface area contributed by atoms with Crippen LogP contribution in [0.3, 0.4) is 0 Å². The fourth-order valence-corrected chi connectivity index (χ4v) is 2.66. The van der Waals surface area contributed by atoms with Crippen molar-refractivity contribution in [2.24, 2.45) is 17.6 Å². The molecule has 0 aliphatic carbocycles. The number of rotatable bonds is 7. The highest BCUT2D eigenvalue weighted by Gasteiger charge is 2.15. The molecule has 20 heavy (non-hydrogen) atoms. The Bertz CT molecular complexity index is 446. The van der Waals surface area contributed by atoms with E-state index in [1.807, 2.05) is 25.1 Å². The van der Waals surface area contributed by atoms with Gasteiger partial charge in [-0.3, -0.25) is 4.79 Å². The van der Waals surface area contributed by atoms with Gasteiger partial charge in [-0.2, -0.15) is 0 Å². The van der Waals surface area contributed by atoms with Gasteiger partial charge in [-0.05, 0) is 65.7 Å². The first kappa shape index (κ1) is 17.2. The molecular formula is C16H25BrN2O. The average molecular weight is 341 g/mol. The van der Waals surface area contributed by atoms with Gasteiger partial charge in [-0.1, -0.05) is 26.0 Å². The zero-order chi connectivity index (χ0) is 15.1. The summed E-state index contributed by atoms with van der Waals surface area (Å²) in [5, 5.41) is 2.97. The van der Waals surface area contributed by atoms with Crippen LogP contribution in [-0.4, -0.2) is 12.5 Å². The molecule has 1 aromatic carbocycles. The van der Waals surface area contributed by atoms with E-state index < -0.39 is 0 Å². The molecule has 0 heterocycles. The second-order valence-electron chi connectivity index (χ2n) is 5.60. The van der Waals surface area contributed by atoms with Crippen LogP contribution in [0.5, 0.6) is 0 Å². The average Bonchev–Trinajstić information content (AvgIpc) is 2.39. The minimum absolute atomic E-state index is 0.0685. The molecule has 112 valence electrons. The molecule has 0 radical (unpaired) electrons. The standard InChI is InChI=1S/C16H25BrN2O/c1-11(2)13(9-10-18)7-8-15(20)19-14-6-4-5-12(3)16(14)17/h4-6,11,13H,7-10,18H2,1-3H3,(H,19,20). The van der Waals surface area contributed by atoms with Crippen molar-refractivity contribution in [2.45, 2.75) is 40.0 Å². The van der Waals surface area contributed by atoms with E-state index in [-0.39, 0.29) is 5.91 Å². The minimum atomic E-state index is 0.0685. The normalized spacial score (nSPS) is 12.5. The number of nitrogens with two attached hydrogens (primary N) is 1. The Balaban J connectivity index is 2.53. The van der Waals surface area contributed by atoms with Gasteiger partial charge in [-0.15, -0.1) is 0 Å². The van der Waals surface area contributed by atoms with E-state index in [1.165, 1.54) is 0 Å². The van der Waals surface area contributed by atoms with Crippen molar-refractivity contribution >= 4 is 27.5 Å². The molecule has 4 heteroatoms. The molecule has 3 nitrogen and oxygen atoms in total. The Kier molecular flexibility index (Phi) is 7.24. The number of aryl methyl sites for hydroxylation is 1. The van der Waals surface area contributed by atoms with Crippen LogP contribution >= 0.6 is 15.9 Å². The maximum atomic E-state index is 12.0. The highest BCUT2D eigenvalue weighted by atomic mass is 79.9. The first-order valence-corrected chi connectivity index (χ1v) is 8.00. The summed E-state index contributed by atoms with van der Waals surface area (Å²) in [6.07, 6.45) is 2.42. The lowest BCUT2D eigenvalue weighted by molar-refractivity contribution is -0.116. The maximum absolute atomic E-state index is 12.0. The van der Waals surface area contributed by atoms with E-state index in [0.29, 0.717) is 24.8 Å². The van der Waals surface area contributed by atoms with Crippen LogP contribution in [0.4, 0.5) is 5.69 Å². The molecule has 1 atom stereocenters. The molecule has 1 rings (SSSR count). The molecule has 0 fully saturated rings. The molecule has 1 aromatic rings. The van der Waals surface area contributed by atoms with Crippen LogP contribution in [0.25, 0.3) is 0 Å². The zero-order valence-corrected chi connectivity index (χ0v) is 14.2. The number of halogens is 1.